The van der Waals surface area contributed by atoms with Gasteiger partial charge in [-0.25, -0.2) is 0 Å². The van der Waals surface area contributed by atoms with Gasteiger partial charge in [-0.05, 0) is 35.7 Å². The van der Waals surface area contributed by atoms with E-state index in [0.29, 0.717) is 6.42 Å². The molecule has 0 bridgehead atoms. The van der Waals surface area contributed by atoms with E-state index in [1.165, 1.54) is 16.3 Å². The van der Waals surface area contributed by atoms with Crippen molar-refractivity contribution in [3.05, 3.63) is 47.5 Å². The zero-order valence-electron chi connectivity index (χ0n) is 9.08. The number of benzene rings is 2. The fraction of sp³-hybridized carbons (Fsp3) is 0.214. The third-order valence-corrected chi connectivity index (χ3v) is 2.58. The van der Waals surface area contributed by atoms with E-state index in [2.05, 4.69) is 31.2 Å². The van der Waals surface area contributed by atoms with Gasteiger partial charge in [0.25, 0.3) is 0 Å². The largest absolute Gasteiger partial charge is 0.300 e. The third kappa shape index (κ3) is 2.07. The Morgan fingerprint density at radius 2 is 1.93 bits per heavy atom. The molecule has 0 aliphatic carbocycles. The number of ketones is 1. The van der Waals surface area contributed by atoms with Crippen LogP contribution in [0.15, 0.2) is 36.4 Å². The molecule has 15 heavy (non-hydrogen) atoms. The van der Waals surface area contributed by atoms with E-state index in [0.717, 1.165) is 5.56 Å². The lowest BCUT2D eigenvalue weighted by Crippen LogP contribution is -1.96. The molecular weight excluding hydrogens is 184 g/mol. The van der Waals surface area contributed by atoms with Crippen molar-refractivity contribution in [1.82, 2.24) is 0 Å². The Balaban J connectivity index is 2.57. The fourth-order valence-electron chi connectivity index (χ4n) is 1.97. The fourth-order valence-corrected chi connectivity index (χ4v) is 1.97. The molecule has 0 radical (unpaired) electrons. The van der Waals surface area contributed by atoms with Crippen LogP contribution in [0.25, 0.3) is 10.8 Å². The number of fused-ring (bicyclic) bond motifs is 1. The van der Waals surface area contributed by atoms with E-state index < -0.39 is 0 Å². The van der Waals surface area contributed by atoms with Crippen LogP contribution in [0.4, 0.5) is 0 Å². The van der Waals surface area contributed by atoms with Crippen molar-refractivity contribution in [3.63, 3.8) is 0 Å². The summed E-state index contributed by atoms with van der Waals surface area (Å²) in [7, 11) is 0. The molecule has 76 valence electrons. The molecule has 0 aliphatic heterocycles. The van der Waals surface area contributed by atoms with Crippen LogP contribution < -0.4 is 0 Å². The van der Waals surface area contributed by atoms with Gasteiger partial charge in [0.2, 0.25) is 0 Å². The maximum Gasteiger partial charge on any atom is 0.134 e. The van der Waals surface area contributed by atoms with E-state index in [-0.39, 0.29) is 5.78 Å². The van der Waals surface area contributed by atoms with Crippen LogP contribution in [-0.4, -0.2) is 5.78 Å². The van der Waals surface area contributed by atoms with Crippen molar-refractivity contribution < 1.29 is 4.79 Å². The Labute approximate surface area is 89.7 Å². The maximum absolute atomic E-state index is 11.1. The van der Waals surface area contributed by atoms with Crippen molar-refractivity contribution in [3.8, 4) is 0 Å². The lowest BCUT2D eigenvalue weighted by Gasteiger charge is -2.05. The summed E-state index contributed by atoms with van der Waals surface area (Å²) < 4.78 is 0. The van der Waals surface area contributed by atoms with Crippen molar-refractivity contribution in [2.45, 2.75) is 20.3 Å². The van der Waals surface area contributed by atoms with Gasteiger partial charge < -0.3 is 0 Å². The van der Waals surface area contributed by atoms with E-state index in [4.69, 9.17) is 0 Å². The molecule has 0 amide bonds. The zero-order valence-corrected chi connectivity index (χ0v) is 9.08. The number of carbonyl (C=O) groups is 1. The number of hydrogen-bond donors (Lipinski definition) is 0. The molecule has 0 atom stereocenters. The summed E-state index contributed by atoms with van der Waals surface area (Å²) >= 11 is 0. The van der Waals surface area contributed by atoms with Gasteiger partial charge in [-0.2, -0.15) is 0 Å². The number of carbonyl (C=O) groups excluding carboxylic acids is 1. The molecule has 2 rings (SSSR count). The van der Waals surface area contributed by atoms with Gasteiger partial charge in [-0.1, -0.05) is 36.4 Å². The minimum atomic E-state index is 0.213. The highest BCUT2D eigenvalue weighted by molar-refractivity contribution is 5.87. The average Bonchev–Trinajstić information content (AvgIpc) is 2.16. The lowest BCUT2D eigenvalue weighted by molar-refractivity contribution is -0.116. The summed E-state index contributed by atoms with van der Waals surface area (Å²) in [6.45, 7) is 3.72. The molecule has 0 spiro atoms. The van der Waals surface area contributed by atoms with Crippen LogP contribution in [0.5, 0.6) is 0 Å². The van der Waals surface area contributed by atoms with Crippen molar-refractivity contribution >= 4 is 16.6 Å². The first kappa shape index (κ1) is 9.91. The molecule has 0 N–H and O–H groups in total. The number of rotatable bonds is 2. The van der Waals surface area contributed by atoms with E-state index in [1.807, 2.05) is 12.1 Å². The summed E-state index contributed by atoms with van der Waals surface area (Å²) in [6.07, 6.45) is 0.533. The van der Waals surface area contributed by atoms with Gasteiger partial charge in [-0.3, -0.25) is 4.79 Å². The Morgan fingerprint density at radius 3 is 2.67 bits per heavy atom. The first-order chi connectivity index (χ1) is 7.16. The molecule has 0 aliphatic rings. The minimum Gasteiger partial charge on any atom is -0.300 e. The normalized spacial score (nSPS) is 10.5. The molecule has 1 heteroatoms. The van der Waals surface area contributed by atoms with Gasteiger partial charge >= 0.3 is 0 Å². The number of hydrogen-bond acceptors (Lipinski definition) is 1. The molecule has 0 saturated heterocycles. The van der Waals surface area contributed by atoms with Gasteiger partial charge in [0.05, 0.1) is 0 Å². The first-order valence-electron chi connectivity index (χ1n) is 5.14. The maximum atomic E-state index is 11.1. The highest BCUT2D eigenvalue weighted by Crippen LogP contribution is 2.20. The van der Waals surface area contributed by atoms with Crippen LogP contribution in [-0.2, 0) is 11.2 Å². The van der Waals surface area contributed by atoms with Gasteiger partial charge in [-0.15, -0.1) is 0 Å². The second-order valence-corrected chi connectivity index (χ2v) is 4.01. The summed E-state index contributed by atoms with van der Waals surface area (Å²) in [5.74, 6) is 0.213. The predicted octanol–water partition coefficient (Wildman–Crippen LogP) is 3.28. The van der Waals surface area contributed by atoms with E-state index >= 15 is 0 Å². The highest BCUT2D eigenvalue weighted by atomic mass is 16.1. The molecule has 0 saturated carbocycles. The third-order valence-electron chi connectivity index (χ3n) is 2.58. The van der Waals surface area contributed by atoms with Crippen molar-refractivity contribution in [2.24, 2.45) is 0 Å². The Hall–Kier alpha value is -1.63. The number of Topliss-reactive ketones (excluding diaryl/α,β-unsaturated/α-hetero) is 1. The molecular formula is C14H14O. The summed E-state index contributed by atoms with van der Waals surface area (Å²) in [5.41, 5.74) is 2.35. The standard InChI is InChI=1S/C14H14O/c1-10-7-12(8-11(2)15)9-13-5-3-4-6-14(10)13/h3-7,9H,8H2,1-2H3. The molecule has 0 unspecified atom stereocenters. The molecule has 0 fully saturated rings. The van der Waals surface area contributed by atoms with E-state index in [1.54, 1.807) is 6.92 Å². The topological polar surface area (TPSA) is 17.1 Å². The van der Waals surface area contributed by atoms with Crippen LogP contribution in [0, 0.1) is 6.92 Å². The Morgan fingerprint density at radius 1 is 1.20 bits per heavy atom. The lowest BCUT2D eigenvalue weighted by atomic mass is 9.99. The quantitative estimate of drug-likeness (QED) is 0.723. The first-order valence-corrected chi connectivity index (χ1v) is 5.14. The predicted molar refractivity (Wildman–Crippen MR) is 63.1 cm³/mol. The summed E-state index contributed by atoms with van der Waals surface area (Å²) in [4.78, 5) is 11.1. The summed E-state index contributed by atoms with van der Waals surface area (Å²) in [5, 5.41) is 2.48. The van der Waals surface area contributed by atoms with Crippen LogP contribution in [0.1, 0.15) is 18.1 Å². The van der Waals surface area contributed by atoms with Crippen molar-refractivity contribution in [1.29, 1.82) is 0 Å². The molecule has 1 nitrogen and oxygen atoms in total. The minimum absolute atomic E-state index is 0.213. The smallest absolute Gasteiger partial charge is 0.134 e. The average molecular weight is 198 g/mol. The molecule has 2 aromatic carbocycles. The zero-order chi connectivity index (χ0) is 10.8. The Kier molecular flexibility index (Phi) is 2.55. The van der Waals surface area contributed by atoms with Gasteiger partial charge in [0, 0.05) is 6.42 Å². The second-order valence-electron chi connectivity index (χ2n) is 4.01. The van der Waals surface area contributed by atoms with Gasteiger partial charge in [0.15, 0.2) is 0 Å². The SMILES string of the molecule is CC(=O)Cc1cc(C)c2ccccc2c1. The van der Waals surface area contributed by atoms with Crippen molar-refractivity contribution in [2.75, 3.05) is 0 Å². The van der Waals surface area contributed by atoms with E-state index in [9.17, 15) is 4.79 Å². The number of aryl methyl sites for hydroxylation is 1. The van der Waals surface area contributed by atoms with Crippen LogP contribution in [0.2, 0.25) is 0 Å². The summed E-state index contributed by atoms with van der Waals surface area (Å²) in [6, 6.07) is 12.5. The van der Waals surface area contributed by atoms with Gasteiger partial charge in [0.1, 0.15) is 5.78 Å². The molecule has 0 heterocycles. The molecule has 0 aromatic heterocycles. The Bertz CT molecular complexity index is 512. The van der Waals surface area contributed by atoms with Crippen LogP contribution >= 0.6 is 0 Å². The molecule has 2 aromatic rings. The van der Waals surface area contributed by atoms with Crippen LogP contribution in [0.3, 0.4) is 0 Å². The second kappa shape index (κ2) is 3.85. The highest BCUT2D eigenvalue weighted by Gasteiger charge is 2.02. The monoisotopic (exact) mass is 198 g/mol.